The summed E-state index contributed by atoms with van der Waals surface area (Å²) in [6.45, 7) is 5.54. The Labute approximate surface area is 123 Å². The molecule has 20 heavy (non-hydrogen) atoms. The minimum absolute atomic E-state index is 0.00869. The molecule has 1 unspecified atom stereocenters. The van der Waals surface area contributed by atoms with Crippen molar-refractivity contribution >= 4 is 17.2 Å². The molecule has 7 heteroatoms. The van der Waals surface area contributed by atoms with Gasteiger partial charge in [0.1, 0.15) is 11.5 Å². The number of nitrogens with zero attached hydrogens (tertiary/aromatic N) is 1. The molecule has 0 aromatic carbocycles. The molecule has 118 valence electrons. The molecular formula is C13H25NO5S. The second-order valence-corrected chi connectivity index (χ2v) is 7.01. The lowest BCUT2D eigenvalue weighted by molar-refractivity contribution is 0.00397. The van der Waals surface area contributed by atoms with E-state index < -0.39 is 16.7 Å². The lowest BCUT2D eigenvalue weighted by Gasteiger charge is -2.35. The molecule has 1 fully saturated rings. The van der Waals surface area contributed by atoms with E-state index in [1.807, 2.05) is 20.8 Å². The number of hydrogen-bond acceptors (Lipinski definition) is 4. The van der Waals surface area contributed by atoms with Crippen LogP contribution < -0.4 is 0 Å². The molecule has 0 saturated heterocycles. The maximum Gasteiger partial charge on any atom is 0.410 e. The standard InChI is InChI=1S/C13H25NO5S/c1-13(2,3)19-12(15)14(4)10-5-7-11(8-6-10)18-9-20(16)17/h10-11H,5-9H2,1-4H3,(H,16,17). The van der Waals surface area contributed by atoms with Crippen LogP contribution in [0.3, 0.4) is 0 Å². The third-order valence-electron chi connectivity index (χ3n) is 3.28. The van der Waals surface area contributed by atoms with Crippen LogP contribution >= 0.6 is 0 Å². The van der Waals surface area contributed by atoms with Gasteiger partial charge in [-0.25, -0.2) is 9.00 Å². The molecule has 6 nitrogen and oxygen atoms in total. The minimum atomic E-state index is -1.91. The summed E-state index contributed by atoms with van der Waals surface area (Å²) in [5.41, 5.74) is -0.489. The van der Waals surface area contributed by atoms with E-state index in [1.54, 1.807) is 11.9 Å². The van der Waals surface area contributed by atoms with Gasteiger partial charge in [0.15, 0.2) is 11.1 Å². The van der Waals surface area contributed by atoms with Crippen molar-refractivity contribution in [2.45, 2.75) is 64.2 Å². The molecule has 0 aliphatic heterocycles. The first kappa shape index (κ1) is 17.4. The summed E-state index contributed by atoms with van der Waals surface area (Å²) in [6, 6.07) is 0.143. The fourth-order valence-electron chi connectivity index (χ4n) is 2.24. The van der Waals surface area contributed by atoms with Crippen LogP contribution in [0.5, 0.6) is 0 Å². The number of rotatable bonds is 4. The summed E-state index contributed by atoms with van der Waals surface area (Å²) < 4.78 is 29.9. The quantitative estimate of drug-likeness (QED) is 0.807. The molecule has 0 heterocycles. The number of hydrogen-bond donors (Lipinski definition) is 1. The molecule has 1 amide bonds. The van der Waals surface area contributed by atoms with Crippen LogP contribution in [0.25, 0.3) is 0 Å². The van der Waals surface area contributed by atoms with Gasteiger partial charge < -0.3 is 18.9 Å². The highest BCUT2D eigenvalue weighted by molar-refractivity contribution is 7.79. The Morgan fingerprint density at radius 3 is 2.30 bits per heavy atom. The van der Waals surface area contributed by atoms with E-state index in [9.17, 15) is 9.00 Å². The van der Waals surface area contributed by atoms with Crippen molar-refractivity contribution in [3.8, 4) is 0 Å². The van der Waals surface area contributed by atoms with Gasteiger partial charge >= 0.3 is 6.09 Å². The van der Waals surface area contributed by atoms with Crippen molar-refractivity contribution < 1.29 is 23.0 Å². The fourth-order valence-corrected chi connectivity index (χ4v) is 2.55. The number of carbonyl (C=O) groups excluding carboxylic acids is 1. The van der Waals surface area contributed by atoms with Gasteiger partial charge in [0.2, 0.25) is 0 Å². The van der Waals surface area contributed by atoms with Crippen LogP contribution in [0, 0.1) is 0 Å². The number of amides is 1. The summed E-state index contributed by atoms with van der Waals surface area (Å²) in [6.07, 6.45) is 2.91. The SMILES string of the molecule is CN(C(=O)OC(C)(C)C)C1CCC(OCS(=O)O)CC1. The Bertz CT molecular complexity index is 347. The van der Waals surface area contributed by atoms with Gasteiger partial charge in [-0.15, -0.1) is 0 Å². The fraction of sp³-hybridized carbons (Fsp3) is 0.923. The lowest BCUT2D eigenvalue weighted by atomic mass is 9.92. The summed E-state index contributed by atoms with van der Waals surface area (Å²) in [4.78, 5) is 13.6. The molecule has 1 rings (SSSR count). The zero-order valence-electron chi connectivity index (χ0n) is 12.6. The van der Waals surface area contributed by atoms with Gasteiger partial charge in [-0.1, -0.05) is 0 Å². The molecule has 0 radical (unpaired) electrons. The summed E-state index contributed by atoms with van der Waals surface area (Å²) in [7, 11) is 1.75. The van der Waals surface area contributed by atoms with Crippen LogP contribution in [0.2, 0.25) is 0 Å². The smallest absolute Gasteiger partial charge is 0.410 e. The van der Waals surface area contributed by atoms with E-state index in [2.05, 4.69) is 0 Å². The van der Waals surface area contributed by atoms with E-state index >= 15 is 0 Å². The lowest BCUT2D eigenvalue weighted by Crippen LogP contribution is -2.43. The van der Waals surface area contributed by atoms with Gasteiger partial charge in [0.25, 0.3) is 0 Å². The first-order valence-corrected chi connectivity index (χ1v) is 8.11. The molecule has 0 bridgehead atoms. The largest absolute Gasteiger partial charge is 0.444 e. The van der Waals surface area contributed by atoms with E-state index in [4.69, 9.17) is 14.0 Å². The van der Waals surface area contributed by atoms with E-state index in [0.29, 0.717) is 0 Å². The van der Waals surface area contributed by atoms with Crippen molar-refractivity contribution in [3.05, 3.63) is 0 Å². The molecule has 0 aromatic rings. The van der Waals surface area contributed by atoms with E-state index in [1.165, 1.54) is 0 Å². The van der Waals surface area contributed by atoms with Gasteiger partial charge in [-0.3, -0.25) is 0 Å². The molecule has 1 aliphatic rings. The number of carbonyl (C=O) groups is 1. The zero-order chi connectivity index (χ0) is 15.3. The minimum Gasteiger partial charge on any atom is -0.444 e. The third-order valence-corrected chi connectivity index (χ3v) is 3.62. The second-order valence-electron chi connectivity index (χ2n) is 6.13. The molecule has 1 N–H and O–H groups in total. The highest BCUT2D eigenvalue weighted by Crippen LogP contribution is 2.25. The zero-order valence-corrected chi connectivity index (χ0v) is 13.4. The van der Waals surface area contributed by atoms with Gasteiger partial charge in [0.05, 0.1) is 6.10 Å². The summed E-state index contributed by atoms with van der Waals surface area (Å²) in [5, 5.41) is 0. The van der Waals surface area contributed by atoms with Crippen molar-refractivity contribution in [2.75, 3.05) is 13.0 Å². The molecule has 1 saturated carbocycles. The van der Waals surface area contributed by atoms with Crippen LogP contribution in [-0.4, -0.2) is 50.5 Å². The van der Waals surface area contributed by atoms with Gasteiger partial charge in [0, 0.05) is 13.1 Å². The Balaban J connectivity index is 2.37. The van der Waals surface area contributed by atoms with Crippen LogP contribution in [0.1, 0.15) is 46.5 Å². The molecular weight excluding hydrogens is 282 g/mol. The highest BCUT2D eigenvalue weighted by atomic mass is 32.2. The Kier molecular flexibility index (Phi) is 6.42. The van der Waals surface area contributed by atoms with Gasteiger partial charge in [-0.2, -0.15) is 0 Å². The molecule has 0 spiro atoms. The number of ether oxygens (including phenoxy) is 2. The highest BCUT2D eigenvalue weighted by Gasteiger charge is 2.29. The van der Waals surface area contributed by atoms with Crippen LogP contribution in [0.15, 0.2) is 0 Å². The monoisotopic (exact) mass is 307 g/mol. The first-order chi connectivity index (χ1) is 9.19. The van der Waals surface area contributed by atoms with E-state index in [-0.39, 0.29) is 24.2 Å². The first-order valence-electron chi connectivity index (χ1n) is 6.84. The maximum absolute atomic E-state index is 12.0. The maximum atomic E-state index is 12.0. The van der Waals surface area contributed by atoms with Crippen molar-refractivity contribution in [1.82, 2.24) is 4.90 Å². The average molecular weight is 307 g/mol. The normalized spacial score (nSPS) is 25.1. The second kappa shape index (κ2) is 7.38. The van der Waals surface area contributed by atoms with Crippen LogP contribution in [-0.2, 0) is 20.6 Å². The summed E-state index contributed by atoms with van der Waals surface area (Å²) in [5.74, 6) is -0.142. The predicted molar refractivity (Wildman–Crippen MR) is 76.8 cm³/mol. The predicted octanol–water partition coefficient (Wildman–Crippen LogP) is 2.36. The van der Waals surface area contributed by atoms with Crippen molar-refractivity contribution in [1.29, 1.82) is 0 Å². The van der Waals surface area contributed by atoms with Crippen molar-refractivity contribution in [3.63, 3.8) is 0 Å². The molecule has 0 aromatic heterocycles. The third kappa shape index (κ3) is 6.19. The molecule has 1 atom stereocenters. The summed E-state index contributed by atoms with van der Waals surface area (Å²) >= 11 is -1.91. The Morgan fingerprint density at radius 1 is 1.30 bits per heavy atom. The van der Waals surface area contributed by atoms with E-state index in [0.717, 1.165) is 25.7 Å². The Morgan fingerprint density at radius 2 is 1.85 bits per heavy atom. The molecule has 1 aliphatic carbocycles. The van der Waals surface area contributed by atoms with Gasteiger partial charge in [-0.05, 0) is 46.5 Å². The Hall–Kier alpha value is -0.660. The average Bonchev–Trinajstić information content (AvgIpc) is 2.34. The van der Waals surface area contributed by atoms with Crippen molar-refractivity contribution in [2.24, 2.45) is 0 Å². The van der Waals surface area contributed by atoms with Crippen LogP contribution in [0.4, 0.5) is 4.79 Å². The topological polar surface area (TPSA) is 76.1 Å².